The minimum absolute atomic E-state index is 0.116. The molecule has 6 heteroatoms. The molecule has 6 nitrogen and oxygen atoms in total. The lowest BCUT2D eigenvalue weighted by molar-refractivity contribution is -0.144. The van der Waals surface area contributed by atoms with Gasteiger partial charge in [-0.25, -0.2) is 0 Å². The molecule has 1 amide bonds. The van der Waals surface area contributed by atoms with Gasteiger partial charge in [-0.3, -0.25) is 14.8 Å². The molecule has 0 unspecified atom stereocenters. The molecule has 0 aromatic carbocycles. The monoisotopic (exact) mass is 266 g/mol. The van der Waals surface area contributed by atoms with E-state index in [1.165, 1.54) is 0 Å². The Kier molecular flexibility index (Phi) is 4.55. The minimum Gasteiger partial charge on any atom is -0.372 e. The maximum Gasteiger partial charge on any atom is 0.236 e. The molecule has 1 aromatic rings. The van der Waals surface area contributed by atoms with Gasteiger partial charge in [0.25, 0.3) is 0 Å². The summed E-state index contributed by atoms with van der Waals surface area (Å²) in [5.41, 5.74) is 1.01. The van der Waals surface area contributed by atoms with Crippen molar-refractivity contribution in [1.29, 1.82) is 0 Å². The van der Waals surface area contributed by atoms with E-state index < -0.39 is 0 Å². The Balaban J connectivity index is 1.82. The molecule has 0 bridgehead atoms. The summed E-state index contributed by atoms with van der Waals surface area (Å²) in [6.07, 6.45) is 1.95. The Hall–Kier alpha value is -1.40. The highest BCUT2D eigenvalue weighted by Gasteiger charge is 2.26. The first-order valence-corrected chi connectivity index (χ1v) is 6.64. The summed E-state index contributed by atoms with van der Waals surface area (Å²) in [6, 6.07) is 1.92. The highest BCUT2D eigenvalue weighted by molar-refractivity contribution is 5.78. The van der Waals surface area contributed by atoms with Gasteiger partial charge in [-0.1, -0.05) is 0 Å². The molecule has 0 radical (unpaired) electrons. The Morgan fingerprint density at radius 1 is 1.53 bits per heavy atom. The van der Waals surface area contributed by atoms with E-state index in [0.717, 1.165) is 5.69 Å². The molecule has 2 atom stereocenters. The number of ether oxygens (including phenoxy) is 1. The van der Waals surface area contributed by atoms with Gasteiger partial charge in [0.05, 0.1) is 18.8 Å². The number of carbonyl (C=O) groups excluding carboxylic acids is 1. The van der Waals surface area contributed by atoms with Crippen LogP contribution in [0.4, 0.5) is 0 Å². The third-order valence-corrected chi connectivity index (χ3v) is 3.18. The molecule has 1 saturated heterocycles. The van der Waals surface area contributed by atoms with Crippen LogP contribution in [0, 0.1) is 0 Å². The molecule has 106 valence electrons. The van der Waals surface area contributed by atoms with Crippen LogP contribution in [0.3, 0.4) is 0 Å². The molecule has 1 aliphatic rings. The van der Waals surface area contributed by atoms with Crippen molar-refractivity contribution in [1.82, 2.24) is 20.0 Å². The van der Waals surface area contributed by atoms with Gasteiger partial charge in [-0.2, -0.15) is 5.10 Å². The summed E-state index contributed by atoms with van der Waals surface area (Å²) >= 11 is 0. The van der Waals surface area contributed by atoms with Crippen LogP contribution in [0.2, 0.25) is 0 Å². The maximum atomic E-state index is 12.2. The normalized spacial score (nSPS) is 23.9. The fraction of sp³-hybridized carbons (Fsp3) is 0.692. The fourth-order valence-corrected chi connectivity index (χ4v) is 2.43. The van der Waals surface area contributed by atoms with Gasteiger partial charge in [0.2, 0.25) is 5.91 Å². The van der Waals surface area contributed by atoms with Crippen molar-refractivity contribution in [2.75, 3.05) is 26.7 Å². The zero-order chi connectivity index (χ0) is 13.8. The average molecular weight is 266 g/mol. The summed E-state index contributed by atoms with van der Waals surface area (Å²) < 4.78 is 5.64. The van der Waals surface area contributed by atoms with E-state index in [9.17, 15) is 4.79 Å². The van der Waals surface area contributed by atoms with Gasteiger partial charge in [0, 0.05) is 31.5 Å². The van der Waals surface area contributed by atoms with Crippen LogP contribution in [0.15, 0.2) is 12.3 Å². The number of nitrogens with zero attached hydrogens (tertiary/aromatic N) is 3. The lowest BCUT2D eigenvalue weighted by Crippen LogP contribution is -2.50. The average Bonchev–Trinajstić information content (AvgIpc) is 2.80. The van der Waals surface area contributed by atoms with E-state index >= 15 is 0 Å². The topological polar surface area (TPSA) is 61.5 Å². The van der Waals surface area contributed by atoms with Crippen LogP contribution < -0.4 is 0 Å². The van der Waals surface area contributed by atoms with Gasteiger partial charge in [0.15, 0.2) is 0 Å². The molecule has 19 heavy (non-hydrogen) atoms. The molecule has 1 fully saturated rings. The highest BCUT2D eigenvalue weighted by atomic mass is 16.5. The first kappa shape index (κ1) is 14.0. The molecule has 1 N–H and O–H groups in total. The summed E-state index contributed by atoms with van der Waals surface area (Å²) in [5.74, 6) is 0.156. The number of rotatable bonds is 4. The first-order valence-electron chi connectivity index (χ1n) is 6.64. The van der Waals surface area contributed by atoms with Gasteiger partial charge in [0.1, 0.15) is 0 Å². The fourth-order valence-electron chi connectivity index (χ4n) is 2.43. The Labute approximate surface area is 113 Å². The summed E-state index contributed by atoms with van der Waals surface area (Å²) in [5, 5.41) is 6.80. The number of hydrogen-bond donors (Lipinski definition) is 1. The van der Waals surface area contributed by atoms with E-state index in [1.54, 1.807) is 6.20 Å². The third kappa shape index (κ3) is 4.04. The number of hydrogen-bond acceptors (Lipinski definition) is 4. The van der Waals surface area contributed by atoms with Crippen molar-refractivity contribution in [2.45, 2.75) is 32.6 Å². The molecular formula is C13H22N4O2. The van der Waals surface area contributed by atoms with Gasteiger partial charge < -0.3 is 9.64 Å². The second-order valence-electron chi connectivity index (χ2n) is 5.31. The number of aromatic nitrogens is 2. The van der Waals surface area contributed by atoms with E-state index in [4.69, 9.17) is 4.74 Å². The van der Waals surface area contributed by atoms with Crippen LogP contribution in [-0.4, -0.2) is 64.8 Å². The Morgan fingerprint density at radius 3 is 2.79 bits per heavy atom. The lowest BCUT2D eigenvalue weighted by atomic mass is 10.2. The number of likely N-dealkylation sites (N-methyl/N-ethyl adjacent to an activating group) is 1. The van der Waals surface area contributed by atoms with Gasteiger partial charge >= 0.3 is 0 Å². The van der Waals surface area contributed by atoms with Crippen molar-refractivity contribution in [3.05, 3.63) is 18.0 Å². The zero-order valence-corrected chi connectivity index (χ0v) is 11.8. The number of H-pyrrole nitrogens is 1. The summed E-state index contributed by atoms with van der Waals surface area (Å²) in [6.45, 7) is 6.48. The van der Waals surface area contributed by atoms with Crippen LogP contribution >= 0.6 is 0 Å². The van der Waals surface area contributed by atoms with Gasteiger partial charge in [-0.15, -0.1) is 0 Å². The van der Waals surface area contributed by atoms with Crippen molar-refractivity contribution in [2.24, 2.45) is 0 Å². The van der Waals surface area contributed by atoms with Crippen molar-refractivity contribution in [3.8, 4) is 0 Å². The number of morpholine rings is 1. The predicted molar refractivity (Wildman–Crippen MR) is 71.5 cm³/mol. The number of nitrogens with one attached hydrogen (secondary N) is 1. The number of amides is 1. The van der Waals surface area contributed by atoms with Gasteiger partial charge in [-0.05, 0) is 27.0 Å². The van der Waals surface area contributed by atoms with Crippen LogP contribution in [0.5, 0.6) is 0 Å². The molecule has 2 rings (SSSR count). The molecule has 2 heterocycles. The van der Waals surface area contributed by atoms with E-state index in [0.29, 0.717) is 26.2 Å². The molecule has 1 aromatic heterocycles. The first-order chi connectivity index (χ1) is 9.04. The van der Waals surface area contributed by atoms with Crippen molar-refractivity contribution < 1.29 is 9.53 Å². The SMILES string of the molecule is C[C@@H]1CN(C(=O)CN(C)Cc2ccn[nH]2)C[C@H](C)O1. The number of carbonyl (C=O) groups is 1. The van der Waals surface area contributed by atoms with Crippen LogP contribution in [0.1, 0.15) is 19.5 Å². The minimum atomic E-state index is 0.116. The molecule has 0 saturated carbocycles. The second kappa shape index (κ2) is 6.16. The van der Waals surface area contributed by atoms with Crippen molar-refractivity contribution >= 4 is 5.91 Å². The predicted octanol–water partition coefficient (Wildman–Crippen LogP) is 0.477. The summed E-state index contributed by atoms with van der Waals surface area (Å²) in [4.78, 5) is 16.1. The van der Waals surface area contributed by atoms with E-state index in [1.807, 2.05) is 36.8 Å². The largest absolute Gasteiger partial charge is 0.372 e. The summed E-state index contributed by atoms with van der Waals surface area (Å²) in [7, 11) is 1.94. The molecule has 0 aliphatic carbocycles. The Morgan fingerprint density at radius 2 is 2.21 bits per heavy atom. The quantitative estimate of drug-likeness (QED) is 0.861. The van der Waals surface area contributed by atoms with Crippen molar-refractivity contribution in [3.63, 3.8) is 0 Å². The maximum absolute atomic E-state index is 12.2. The second-order valence-corrected chi connectivity index (χ2v) is 5.31. The van der Waals surface area contributed by atoms with Crippen LogP contribution in [-0.2, 0) is 16.1 Å². The molecule has 1 aliphatic heterocycles. The smallest absolute Gasteiger partial charge is 0.236 e. The standard InChI is InChI=1S/C13H22N4O2/c1-10-6-17(7-11(2)19-10)13(18)9-16(3)8-12-4-5-14-15-12/h4-5,10-11H,6-9H2,1-3H3,(H,14,15)/t10-,11+. The molecule has 0 spiro atoms. The zero-order valence-electron chi connectivity index (χ0n) is 11.8. The van der Waals surface area contributed by atoms with E-state index in [-0.39, 0.29) is 18.1 Å². The highest BCUT2D eigenvalue weighted by Crippen LogP contribution is 2.11. The third-order valence-electron chi connectivity index (χ3n) is 3.18. The van der Waals surface area contributed by atoms with E-state index in [2.05, 4.69) is 10.2 Å². The van der Waals surface area contributed by atoms with Crippen LogP contribution in [0.25, 0.3) is 0 Å². The Bertz CT molecular complexity index is 397. The number of aromatic amines is 1. The molecular weight excluding hydrogens is 244 g/mol. The lowest BCUT2D eigenvalue weighted by Gasteiger charge is -2.36.